The van der Waals surface area contributed by atoms with Crippen molar-refractivity contribution in [1.29, 1.82) is 0 Å². The lowest BCUT2D eigenvalue weighted by atomic mass is 9.95. The van der Waals surface area contributed by atoms with E-state index in [9.17, 15) is 4.79 Å². The zero-order chi connectivity index (χ0) is 17.3. The topological polar surface area (TPSA) is 62.2 Å². The third kappa shape index (κ3) is 3.14. The minimum absolute atomic E-state index is 0.00879. The molecule has 0 aliphatic carbocycles. The second kappa shape index (κ2) is 6.52. The summed E-state index contributed by atoms with van der Waals surface area (Å²) in [4.78, 5) is 30.0. The highest BCUT2D eigenvalue weighted by Gasteiger charge is 2.47. The average Bonchev–Trinajstić information content (AvgIpc) is 3.23. The Labute approximate surface area is 147 Å². The Morgan fingerprint density at radius 3 is 2.96 bits per heavy atom. The van der Waals surface area contributed by atoms with Gasteiger partial charge in [-0.15, -0.1) is 0 Å². The van der Waals surface area contributed by atoms with E-state index in [1.54, 1.807) is 18.6 Å². The van der Waals surface area contributed by atoms with Gasteiger partial charge in [-0.25, -0.2) is 4.98 Å². The Hall–Kier alpha value is -2.34. The lowest BCUT2D eigenvalue weighted by molar-refractivity contribution is 0.0734. The van der Waals surface area contributed by atoms with Crippen LogP contribution in [0.15, 0.2) is 36.8 Å². The third-order valence-corrected chi connectivity index (χ3v) is 5.44. The molecule has 2 fully saturated rings. The van der Waals surface area contributed by atoms with Crippen molar-refractivity contribution in [2.24, 2.45) is 0 Å². The third-order valence-electron chi connectivity index (χ3n) is 5.44. The molecule has 0 aromatic carbocycles. The van der Waals surface area contributed by atoms with Gasteiger partial charge in [0.05, 0.1) is 11.9 Å². The number of likely N-dealkylation sites (tertiary alicyclic amines) is 2. The summed E-state index contributed by atoms with van der Waals surface area (Å²) >= 11 is 0. The summed E-state index contributed by atoms with van der Waals surface area (Å²) in [5, 5.41) is 0. The van der Waals surface area contributed by atoms with Crippen LogP contribution in [0.3, 0.4) is 0 Å². The van der Waals surface area contributed by atoms with Crippen molar-refractivity contribution in [2.75, 3.05) is 19.6 Å². The molecule has 1 spiro atoms. The van der Waals surface area contributed by atoms with E-state index in [4.69, 9.17) is 0 Å². The van der Waals surface area contributed by atoms with E-state index in [2.05, 4.69) is 32.0 Å². The molecule has 6 nitrogen and oxygen atoms in total. The highest BCUT2D eigenvalue weighted by Crippen LogP contribution is 2.38. The van der Waals surface area contributed by atoms with Crippen LogP contribution in [0.1, 0.15) is 41.1 Å². The minimum atomic E-state index is -0.00879. The van der Waals surface area contributed by atoms with Crippen molar-refractivity contribution in [2.45, 2.75) is 38.3 Å². The number of carbonyl (C=O) groups is 1. The van der Waals surface area contributed by atoms with Crippen LogP contribution < -0.4 is 0 Å². The fourth-order valence-electron chi connectivity index (χ4n) is 4.19. The number of amides is 1. The van der Waals surface area contributed by atoms with Gasteiger partial charge in [-0.3, -0.25) is 19.7 Å². The molecule has 6 heteroatoms. The maximum atomic E-state index is 12.7. The number of carbonyl (C=O) groups excluding carboxylic acids is 1. The first-order chi connectivity index (χ1) is 12.2. The van der Waals surface area contributed by atoms with E-state index in [1.807, 2.05) is 17.9 Å². The molecular weight excluding hydrogens is 314 g/mol. The van der Waals surface area contributed by atoms with Crippen molar-refractivity contribution < 1.29 is 4.79 Å². The van der Waals surface area contributed by atoms with Crippen molar-refractivity contribution in [1.82, 2.24) is 24.8 Å². The maximum Gasteiger partial charge on any atom is 0.274 e. The van der Waals surface area contributed by atoms with Crippen LogP contribution in [0.2, 0.25) is 0 Å². The molecule has 2 aromatic rings. The second-order valence-corrected chi connectivity index (χ2v) is 7.09. The first-order valence-electron chi connectivity index (χ1n) is 8.89. The van der Waals surface area contributed by atoms with E-state index in [-0.39, 0.29) is 11.4 Å². The quantitative estimate of drug-likeness (QED) is 0.858. The van der Waals surface area contributed by atoms with E-state index >= 15 is 0 Å². The number of nitrogens with zero attached hydrogens (tertiary/aromatic N) is 5. The van der Waals surface area contributed by atoms with Crippen molar-refractivity contribution in [3.8, 4) is 0 Å². The highest BCUT2D eigenvalue weighted by molar-refractivity contribution is 5.92. The number of aromatic nitrogens is 3. The number of rotatable bonds is 3. The van der Waals surface area contributed by atoms with Crippen molar-refractivity contribution in [3.63, 3.8) is 0 Å². The minimum Gasteiger partial charge on any atom is -0.335 e. The Balaban J connectivity index is 1.49. The lowest BCUT2D eigenvalue weighted by Crippen LogP contribution is -2.46. The molecule has 1 amide bonds. The van der Waals surface area contributed by atoms with Gasteiger partial charge in [0.25, 0.3) is 5.91 Å². The van der Waals surface area contributed by atoms with Gasteiger partial charge in [0.15, 0.2) is 0 Å². The number of hydrogen-bond acceptors (Lipinski definition) is 5. The largest absolute Gasteiger partial charge is 0.335 e. The van der Waals surface area contributed by atoms with Gasteiger partial charge in [-0.1, -0.05) is 6.07 Å². The summed E-state index contributed by atoms with van der Waals surface area (Å²) in [5.74, 6) is -0.00879. The summed E-state index contributed by atoms with van der Waals surface area (Å²) < 4.78 is 0. The molecule has 0 bridgehead atoms. The molecular formula is C19H23N5O. The Bertz CT molecular complexity index is 765. The van der Waals surface area contributed by atoms with Gasteiger partial charge in [0.2, 0.25) is 0 Å². The van der Waals surface area contributed by atoms with E-state index in [0.29, 0.717) is 5.69 Å². The van der Waals surface area contributed by atoms with Crippen molar-refractivity contribution >= 4 is 5.91 Å². The Kier molecular flexibility index (Phi) is 4.21. The molecule has 0 N–H and O–H groups in total. The molecule has 2 aromatic heterocycles. The first-order valence-corrected chi connectivity index (χ1v) is 8.89. The Morgan fingerprint density at radius 1 is 1.24 bits per heavy atom. The maximum absolute atomic E-state index is 12.7. The fraction of sp³-hybridized carbons (Fsp3) is 0.474. The predicted octanol–water partition coefficient (Wildman–Crippen LogP) is 2.06. The van der Waals surface area contributed by atoms with Crippen LogP contribution >= 0.6 is 0 Å². The van der Waals surface area contributed by atoms with Crippen LogP contribution in [0.4, 0.5) is 0 Å². The fourth-order valence-corrected chi connectivity index (χ4v) is 4.19. The molecule has 2 aliphatic rings. The van der Waals surface area contributed by atoms with Gasteiger partial charge in [-0.05, 0) is 44.9 Å². The molecule has 1 atom stereocenters. The number of aryl methyl sites for hydroxylation is 1. The summed E-state index contributed by atoms with van der Waals surface area (Å²) in [7, 11) is 0. The average molecular weight is 337 g/mol. The first kappa shape index (κ1) is 16.1. The summed E-state index contributed by atoms with van der Waals surface area (Å²) in [6.45, 7) is 5.51. The zero-order valence-electron chi connectivity index (χ0n) is 14.6. The molecule has 4 heterocycles. The van der Waals surface area contributed by atoms with E-state index < -0.39 is 0 Å². The van der Waals surface area contributed by atoms with Crippen LogP contribution in [0.5, 0.6) is 0 Å². The number of pyridine rings is 1. The summed E-state index contributed by atoms with van der Waals surface area (Å²) in [6.07, 6.45) is 8.06. The Morgan fingerprint density at radius 2 is 2.16 bits per heavy atom. The molecule has 130 valence electrons. The van der Waals surface area contributed by atoms with Gasteiger partial charge in [0, 0.05) is 43.3 Å². The summed E-state index contributed by atoms with van der Waals surface area (Å²) in [6, 6.07) is 6.19. The van der Waals surface area contributed by atoms with Crippen LogP contribution in [0, 0.1) is 6.92 Å². The monoisotopic (exact) mass is 337 g/mol. The zero-order valence-corrected chi connectivity index (χ0v) is 14.6. The van der Waals surface area contributed by atoms with Crippen LogP contribution in [-0.4, -0.2) is 55.8 Å². The van der Waals surface area contributed by atoms with Crippen LogP contribution in [-0.2, 0) is 6.54 Å². The normalized spacial score (nSPS) is 23.5. The molecule has 1 unspecified atom stereocenters. The van der Waals surface area contributed by atoms with Crippen LogP contribution in [0.25, 0.3) is 0 Å². The molecule has 2 saturated heterocycles. The smallest absolute Gasteiger partial charge is 0.274 e. The van der Waals surface area contributed by atoms with E-state index in [1.165, 1.54) is 6.42 Å². The number of hydrogen-bond donors (Lipinski definition) is 0. The molecule has 25 heavy (non-hydrogen) atoms. The second-order valence-electron chi connectivity index (χ2n) is 7.09. The van der Waals surface area contributed by atoms with Gasteiger partial charge < -0.3 is 4.90 Å². The van der Waals surface area contributed by atoms with Gasteiger partial charge in [-0.2, -0.15) is 0 Å². The molecule has 2 aliphatic heterocycles. The van der Waals surface area contributed by atoms with Crippen molar-refractivity contribution in [3.05, 3.63) is 53.9 Å². The predicted molar refractivity (Wildman–Crippen MR) is 93.9 cm³/mol. The van der Waals surface area contributed by atoms with E-state index in [0.717, 1.165) is 50.4 Å². The summed E-state index contributed by atoms with van der Waals surface area (Å²) in [5.41, 5.74) is 2.68. The lowest BCUT2D eigenvalue weighted by Gasteiger charge is -2.35. The molecule has 4 rings (SSSR count). The molecule has 0 saturated carbocycles. The van der Waals surface area contributed by atoms with Gasteiger partial charge in [0.1, 0.15) is 5.69 Å². The standard InChI is InChI=1S/C19H23N5O/c1-15-4-2-5-16(22-15)13-24-10-3-6-19(24)7-11-23(14-19)18(25)17-12-20-8-9-21-17/h2,4-5,8-9,12H,3,6-7,10-11,13-14H2,1H3. The molecule has 0 radical (unpaired) electrons. The van der Waals surface area contributed by atoms with Gasteiger partial charge >= 0.3 is 0 Å². The highest BCUT2D eigenvalue weighted by atomic mass is 16.2. The SMILES string of the molecule is Cc1cccc(CN2CCCC23CCN(C(=O)c2cnccn2)C3)n1.